The predicted molar refractivity (Wildman–Crippen MR) is 81.8 cm³/mol. The van der Waals surface area contributed by atoms with Crippen molar-refractivity contribution in [2.75, 3.05) is 25.5 Å². The number of hydrogen-bond donors (Lipinski definition) is 2. The van der Waals surface area contributed by atoms with Gasteiger partial charge < -0.3 is 15.5 Å². The predicted octanol–water partition coefficient (Wildman–Crippen LogP) is 3.46. The van der Waals surface area contributed by atoms with Crippen LogP contribution >= 0.6 is 27.5 Å². The Hall–Kier alpha value is -0.850. The number of halogens is 3. The summed E-state index contributed by atoms with van der Waals surface area (Å²) in [5.74, 6) is -0.625. The fourth-order valence-corrected chi connectivity index (χ4v) is 2.66. The lowest BCUT2D eigenvalue weighted by Gasteiger charge is -2.31. The molecule has 0 radical (unpaired) electrons. The van der Waals surface area contributed by atoms with Gasteiger partial charge in [-0.3, -0.25) is 0 Å². The van der Waals surface area contributed by atoms with Gasteiger partial charge in [0, 0.05) is 23.6 Å². The molecule has 2 N–H and O–H groups in total. The van der Waals surface area contributed by atoms with E-state index < -0.39 is 5.82 Å². The summed E-state index contributed by atoms with van der Waals surface area (Å²) in [6.07, 6.45) is 1.79. The summed E-state index contributed by atoms with van der Waals surface area (Å²) in [6.45, 7) is 1.31. The number of urea groups is 1. The fourth-order valence-electron chi connectivity index (χ4n) is 2.19. The number of likely N-dealkylation sites (tertiary alicyclic amines) is 1. The van der Waals surface area contributed by atoms with Gasteiger partial charge in [-0.05, 0) is 48.0 Å². The first-order valence-corrected chi connectivity index (χ1v) is 7.56. The minimum absolute atomic E-state index is 0.0308. The highest BCUT2D eigenvalue weighted by Gasteiger charge is 2.22. The van der Waals surface area contributed by atoms with E-state index in [-0.39, 0.29) is 16.7 Å². The van der Waals surface area contributed by atoms with Crippen molar-refractivity contribution in [1.29, 1.82) is 0 Å². The first-order chi connectivity index (χ1) is 9.52. The third kappa shape index (κ3) is 3.42. The zero-order valence-corrected chi connectivity index (χ0v) is 13.4. The summed E-state index contributed by atoms with van der Waals surface area (Å²) in [6, 6.07) is 3.24. The van der Waals surface area contributed by atoms with E-state index in [2.05, 4.69) is 26.6 Å². The maximum Gasteiger partial charge on any atom is 0.321 e. The molecular weight excluding hydrogens is 349 g/mol. The summed E-state index contributed by atoms with van der Waals surface area (Å²) in [7, 11) is 1.92. The largest absolute Gasteiger partial charge is 0.324 e. The Labute approximate surface area is 130 Å². The Morgan fingerprint density at radius 2 is 2.10 bits per heavy atom. The van der Waals surface area contributed by atoms with Crippen molar-refractivity contribution < 1.29 is 9.18 Å². The van der Waals surface area contributed by atoms with Gasteiger partial charge in [-0.25, -0.2) is 9.18 Å². The molecule has 0 aliphatic carbocycles. The number of anilines is 1. The molecule has 20 heavy (non-hydrogen) atoms. The van der Waals surface area contributed by atoms with E-state index in [0.29, 0.717) is 23.6 Å². The highest BCUT2D eigenvalue weighted by molar-refractivity contribution is 9.10. The van der Waals surface area contributed by atoms with Gasteiger partial charge in [-0.2, -0.15) is 0 Å². The van der Waals surface area contributed by atoms with E-state index in [4.69, 9.17) is 11.6 Å². The number of nitrogens with zero attached hydrogens (tertiary/aromatic N) is 1. The Morgan fingerprint density at radius 1 is 1.45 bits per heavy atom. The van der Waals surface area contributed by atoms with Gasteiger partial charge in [0.25, 0.3) is 0 Å². The quantitative estimate of drug-likeness (QED) is 0.789. The lowest BCUT2D eigenvalue weighted by molar-refractivity contribution is 0.190. The molecule has 7 heteroatoms. The van der Waals surface area contributed by atoms with E-state index >= 15 is 0 Å². The number of amides is 2. The third-order valence-corrected chi connectivity index (χ3v) is 4.73. The second-order valence-corrected chi connectivity index (χ2v) is 5.94. The standard InChI is InChI=1S/C13H16BrClFN3O/c1-17-8-4-6-19(7-5-8)13(20)18-10-3-2-9(14)11(15)12(10)16/h2-3,8,17H,4-7H2,1H3,(H,18,20). The van der Waals surface area contributed by atoms with Crippen LogP contribution in [0.4, 0.5) is 14.9 Å². The van der Waals surface area contributed by atoms with Crippen molar-refractivity contribution >= 4 is 39.2 Å². The maximum atomic E-state index is 13.9. The smallest absolute Gasteiger partial charge is 0.321 e. The number of carbonyl (C=O) groups excluding carboxylic acids is 1. The van der Waals surface area contributed by atoms with E-state index in [1.807, 2.05) is 7.05 Å². The average Bonchev–Trinajstić information content (AvgIpc) is 2.48. The van der Waals surface area contributed by atoms with Crippen LogP contribution < -0.4 is 10.6 Å². The Morgan fingerprint density at radius 3 is 2.70 bits per heavy atom. The van der Waals surface area contributed by atoms with E-state index in [9.17, 15) is 9.18 Å². The van der Waals surface area contributed by atoms with Crippen LogP contribution in [0, 0.1) is 5.82 Å². The van der Waals surface area contributed by atoms with Gasteiger partial charge in [0.2, 0.25) is 0 Å². The lowest BCUT2D eigenvalue weighted by atomic mass is 10.1. The number of hydrogen-bond acceptors (Lipinski definition) is 2. The molecule has 1 saturated heterocycles. The van der Waals surface area contributed by atoms with Crippen LogP contribution in [0.3, 0.4) is 0 Å². The highest BCUT2D eigenvalue weighted by Crippen LogP contribution is 2.30. The number of rotatable bonds is 2. The summed E-state index contributed by atoms with van der Waals surface area (Å²) < 4.78 is 14.4. The molecule has 2 rings (SSSR count). The van der Waals surface area contributed by atoms with Crippen LogP contribution in [0.5, 0.6) is 0 Å². The molecule has 110 valence electrons. The second kappa shape index (κ2) is 6.74. The van der Waals surface area contributed by atoms with Crippen LogP contribution in [0.15, 0.2) is 16.6 Å². The van der Waals surface area contributed by atoms with Crippen molar-refractivity contribution in [3.05, 3.63) is 27.4 Å². The summed E-state index contributed by atoms with van der Waals surface area (Å²) in [5.41, 5.74) is 0.0962. The molecule has 0 aromatic heterocycles. The Balaban J connectivity index is 2.00. The summed E-state index contributed by atoms with van der Waals surface area (Å²) in [5, 5.41) is 5.73. The molecular formula is C13H16BrClFN3O. The molecule has 1 heterocycles. The number of carbonyl (C=O) groups is 1. The SMILES string of the molecule is CNC1CCN(C(=O)Nc2ccc(Br)c(Cl)c2F)CC1. The molecule has 0 atom stereocenters. The van der Waals surface area contributed by atoms with Crippen LogP contribution in [-0.4, -0.2) is 37.1 Å². The van der Waals surface area contributed by atoms with Gasteiger partial charge in [-0.15, -0.1) is 0 Å². The van der Waals surface area contributed by atoms with Crippen LogP contribution in [0.1, 0.15) is 12.8 Å². The molecule has 1 fully saturated rings. The van der Waals surface area contributed by atoms with Gasteiger partial charge in [-0.1, -0.05) is 11.6 Å². The van der Waals surface area contributed by atoms with Crippen molar-refractivity contribution in [2.45, 2.75) is 18.9 Å². The molecule has 1 aliphatic rings. The van der Waals surface area contributed by atoms with Crippen LogP contribution in [-0.2, 0) is 0 Å². The minimum Gasteiger partial charge on any atom is -0.324 e. The van der Waals surface area contributed by atoms with Crippen molar-refractivity contribution in [1.82, 2.24) is 10.2 Å². The Bertz CT molecular complexity index is 507. The Kier molecular flexibility index (Phi) is 5.23. The normalized spacial score (nSPS) is 16.3. The van der Waals surface area contributed by atoms with Crippen molar-refractivity contribution in [3.8, 4) is 0 Å². The van der Waals surface area contributed by atoms with Crippen LogP contribution in [0.2, 0.25) is 5.02 Å². The molecule has 0 spiro atoms. The molecule has 1 aromatic rings. The lowest BCUT2D eigenvalue weighted by Crippen LogP contribution is -2.45. The fraction of sp³-hybridized carbons (Fsp3) is 0.462. The first-order valence-electron chi connectivity index (χ1n) is 6.39. The summed E-state index contributed by atoms with van der Waals surface area (Å²) >= 11 is 8.93. The zero-order chi connectivity index (χ0) is 14.7. The molecule has 4 nitrogen and oxygen atoms in total. The highest BCUT2D eigenvalue weighted by atomic mass is 79.9. The minimum atomic E-state index is -0.625. The van der Waals surface area contributed by atoms with Gasteiger partial charge in [0.05, 0.1) is 10.7 Å². The van der Waals surface area contributed by atoms with Gasteiger partial charge in [0.1, 0.15) is 0 Å². The number of benzene rings is 1. The molecule has 0 saturated carbocycles. The van der Waals surface area contributed by atoms with Crippen molar-refractivity contribution in [3.63, 3.8) is 0 Å². The number of piperidine rings is 1. The number of nitrogens with one attached hydrogen (secondary N) is 2. The maximum absolute atomic E-state index is 13.9. The topological polar surface area (TPSA) is 44.4 Å². The van der Waals surface area contributed by atoms with Crippen LogP contribution in [0.25, 0.3) is 0 Å². The van der Waals surface area contributed by atoms with Crippen molar-refractivity contribution in [2.24, 2.45) is 0 Å². The second-order valence-electron chi connectivity index (χ2n) is 4.70. The average molecular weight is 365 g/mol. The van der Waals surface area contributed by atoms with Gasteiger partial charge in [0.15, 0.2) is 5.82 Å². The van der Waals surface area contributed by atoms with E-state index in [1.54, 1.807) is 11.0 Å². The third-order valence-electron chi connectivity index (χ3n) is 3.47. The first kappa shape index (κ1) is 15.5. The molecule has 0 unspecified atom stereocenters. The van der Waals surface area contributed by atoms with E-state index in [1.165, 1.54) is 6.07 Å². The van der Waals surface area contributed by atoms with Gasteiger partial charge >= 0.3 is 6.03 Å². The molecule has 2 amide bonds. The summed E-state index contributed by atoms with van der Waals surface area (Å²) in [4.78, 5) is 13.8. The molecule has 0 bridgehead atoms. The monoisotopic (exact) mass is 363 g/mol. The van der Waals surface area contributed by atoms with E-state index in [0.717, 1.165) is 12.8 Å². The molecule has 1 aromatic carbocycles. The zero-order valence-electron chi connectivity index (χ0n) is 11.0. The molecule has 1 aliphatic heterocycles.